The molecule has 0 aliphatic carbocycles. The van der Waals surface area contributed by atoms with E-state index in [1.165, 1.54) is 0 Å². The summed E-state index contributed by atoms with van der Waals surface area (Å²) in [5.74, 6) is -40.6. The molecule has 3 aromatic rings. The lowest BCUT2D eigenvalue weighted by atomic mass is 9.73. The Kier molecular flexibility index (Phi) is 8.60. The van der Waals surface area contributed by atoms with Crippen molar-refractivity contribution in [2.75, 3.05) is 12.4 Å². The van der Waals surface area contributed by atoms with Crippen molar-refractivity contribution in [3.8, 4) is 40.2 Å². The van der Waals surface area contributed by atoms with Crippen LogP contribution in [0.4, 0.5) is 15.9 Å². The molecule has 0 amide bonds. The largest absolute Gasteiger partial charge is 0.504 e. The fourth-order valence-corrected chi connectivity index (χ4v) is 5.07. The molecule has 1 fully saturated rings. The molecule has 0 spiro atoms. The highest BCUT2D eigenvalue weighted by Crippen LogP contribution is 2.57. The Hall–Kier alpha value is -4.21. The van der Waals surface area contributed by atoms with Gasteiger partial charge in [-0.2, -0.15) is 9.88 Å². The van der Waals surface area contributed by atoms with Crippen molar-refractivity contribution in [2.24, 2.45) is 0 Å². The summed E-state index contributed by atoms with van der Waals surface area (Å²) < 4.78 is 22.6. The number of rotatable bonds is 7. The van der Waals surface area contributed by atoms with Crippen molar-refractivity contribution in [3.63, 3.8) is 0 Å². The number of likely N-dealkylation sites (tertiary alicyclic amines) is 1. The van der Waals surface area contributed by atoms with Gasteiger partial charge < -0.3 is 117 Å². The molecule has 4 rings (SSSR count). The summed E-state index contributed by atoms with van der Waals surface area (Å²) in [6.45, 7) is 0. The normalized spacial score (nSPS) is 19.7. The van der Waals surface area contributed by atoms with Gasteiger partial charge >= 0.3 is 17.8 Å². The number of halogens is 2. The topological polar surface area (TPSA) is 464 Å². The van der Waals surface area contributed by atoms with Crippen molar-refractivity contribution in [2.45, 2.75) is 41.1 Å². The molecule has 1 aliphatic heterocycles. The van der Waals surface area contributed by atoms with Crippen LogP contribution in [0, 0.1) is 5.82 Å². The molecule has 0 saturated carbocycles. The van der Waals surface area contributed by atoms with Crippen molar-refractivity contribution in [1.82, 2.24) is 14.9 Å². The Bertz CT molecular complexity index is 1900. The average molecular weight is 795 g/mol. The van der Waals surface area contributed by atoms with E-state index in [-0.39, 0.29) is 7.05 Å². The molecule has 1 aliphatic rings. The van der Waals surface area contributed by atoms with Gasteiger partial charge in [-0.1, -0.05) is 0 Å². The van der Waals surface area contributed by atoms with Crippen LogP contribution in [-0.4, -0.2) is 160 Å². The van der Waals surface area contributed by atoms with Crippen LogP contribution in [0.15, 0.2) is 9.27 Å². The van der Waals surface area contributed by atoms with Crippen LogP contribution in [-0.2, 0) is 0 Å². The molecule has 2 heterocycles. The highest BCUT2D eigenvalue weighted by Gasteiger charge is 2.91. The number of nitrogens with one attached hydrogen (secondary N) is 2. The number of H-pyrrole nitrogens is 1. The molecule has 2 aromatic carbocycles. The van der Waals surface area contributed by atoms with Gasteiger partial charge in [-0.05, 0) is 23.0 Å². The lowest BCUT2D eigenvalue weighted by Crippen LogP contribution is -2.97. The minimum absolute atomic E-state index is 0.125. The molecule has 1 aromatic heterocycles. The highest BCUT2D eigenvalue weighted by molar-refractivity contribution is 9.10. The number of aromatic amines is 1. The number of ether oxygens (including phenoxy) is 2. The zero-order valence-corrected chi connectivity index (χ0v) is 25.5. The molecule has 21 N–H and O–H groups in total. The molecule has 0 unspecified atom stereocenters. The van der Waals surface area contributed by atoms with E-state index in [9.17, 15) is 106 Å². The first-order valence-electron chi connectivity index (χ1n) is 12.5. The average Bonchev–Trinajstić information content (AvgIpc) is 2.98. The van der Waals surface area contributed by atoms with E-state index >= 15 is 0 Å². The van der Waals surface area contributed by atoms with Crippen molar-refractivity contribution in [1.29, 1.82) is 0 Å². The summed E-state index contributed by atoms with van der Waals surface area (Å²) in [5, 5.41) is 196. The fraction of sp³-hybridized carbons (Fsp3) is 0.364. The first-order valence-corrected chi connectivity index (χ1v) is 13.3. The number of piperidine rings is 1. The molecule has 1 saturated heterocycles. The van der Waals surface area contributed by atoms with Gasteiger partial charge in [-0.15, -0.1) is 0 Å². The van der Waals surface area contributed by atoms with Gasteiger partial charge in [0.15, 0.2) is 34.6 Å². The van der Waals surface area contributed by atoms with Gasteiger partial charge in [0.2, 0.25) is 11.5 Å². The van der Waals surface area contributed by atoms with Crippen molar-refractivity contribution < 1.29 is 111 Å². The van der Waals surface area contributed by atoms with Gasteiger partial charge in [0.1, 0.15) is 21.5 Å². The molecular formula is C22H24BrFN4O22. The number of phenols is 5. The lowest BCUT2D eigenvalue weighted by Gasteiger charge is -2.63. The number of hydrogen-bond donors (Lipinski definition) is 21. The van der Waals surface area contributed by atoms with Gasteiger partial charge in [0.05, 0.1) is 5.39 Å². The van der Waals surface area contributed by atoms with E-state index in [0.717, 1.165) is 0 Å². The summed E-state index contributed by atoms with van der Waals surface area (Å²) in [7, 11) is 0.125. The minimum atomic E-state index is -5.53. The minimum Gasteiger partial charge on any atom is -0.504 e. The Morgan fingerprint density at radius 1 is 0.780 bits per heavy atom. The third-order valence-electron chi connectivity index (χ3n) is 7.42. The van der Waals surface area contributed by atoms with Gasteiger partial charge in [0.25, 0.3) is 29.0 Å². The molecule has 0 radical (unpaired) electrons. The summed E-state index contributed by atoms with van der Waals surface area (Å²) in [6.07, 6.45) is -4.54. The second kappa shape index (κ2) is 11.1. The number of aliphatic hydroxyl groups is 14. The van der Waals surface area contributed by atoms with E-state index in [1.807, 2.05) is 5.32 Å². The van der Waals surface area contributed by atoms with E-state index in [1.54, 1.807) is 4.98 Å². The summed E-state index contributed by atoms with van der Waals surface area (Å²) >= 11 is 2.55. The maximum atomic E-state index is 14.9. The van der Waals surface area contributed by atoms with E-state index in [0.29, 0.717) is 0 Å². The Labute approximate surface area is 278 Å². The third kappa shape index (κ3) is 4.99. The van der Waals surface area contributed by atoms with E-state index in [2.05, 4.69) is 30.4 Å². The van der Waals surface area contributed by atoms with Crippen LogP contribution in [0.5, 0.6) is 40.2 Å². The molecule has 0 atom stereocenters. The van der Waals surface area contributed by atoms with E-state index < -0.39 is 125 Å². The number of phenolic OH excluding ortho intramolecular Hbond substituents is 5. The smallest absolute Gasteiger partial charge is 0.453 e. The SMILES string of the molecule is CN1C(O)(O)C(O)(O)C(O)(C(O)(O)Oc2c(OC(O)(O)O)c(O)c3c(Nc4c(O)c(O)c(Br)c(O)c4F)nc(=O)[nH]c3c2O)C(O)(O)C1(O)O. The first-order chi connectivity index (χ1) is 22.3. The summed E-state index contributed by atoms with van der Waals surface area (Å²) in [4.78, 5) is 16.5. The van der Waals surface area contributed by atoms with Crippen LogP contribution < -0.4 is 20.5 Å². The van der Waals surface area contributed by atoms with Gasteiger partial charge in [-0.25, -0.2) is 9.18 Å². The van der Waals surface area contributed by atoms with E-state index in [4.69, 9.17) is 0 Å². The zero-order chi connectivity index (χ0) is 38.7. The molecule has 26 nitrogen and oxygen atoms in total. The van der Waals surface area contributed by atoms with Crippen LogP contribution in [0.2, 0.25) is 0 Å². The molecule has 0 bridgehead atoms. The van der Waals surface area contributed by atoms with Crippen molar-refractivity contribution in [3.05, 3.63) is 20.8 Å². The number of likely N-dealkylation sites (N-methyl/N-ethyl adjacent to an activating group) is 1. The Balaban J connectivity index is 2.07. The monoisotopic (exact) mass is 794 g/mol. The molecule has 278 valence electrons. The van der Waals surface area contributed by atoms with Crippen LogP contribution >= 0.6 is 15.9 Å². The maximum Gasteiger partial charge on any atom is 0.453 e. The Morgan fingerprint density at radius 2 is 1.26 bits per heavy atom. The second-order valence-corrected chi connectivity index (χ2v) is 11.2. The zero-order valence-electron chi connectivity index (χ0n) is 23.9. The fourth-order valence-electron chi connectivity index (χ4n) is 4.71. The number of benzene rings is 2. The number of hydrogen-bond acceptors (Lipinski definition) is 25. The van der Waals surface area contributed by atoms with Gasteiger partial charge in [-0.3, -0.25) is 0 Å². The summed E-state index contributed by atoms with van der Waals surface area (Å²) in [5.41, 5.74) is -9.83. The molecule has 50 heavy (non-hydrogen) atoms. The number of anilines is 2. The van der Waals surface area contributed by atoms with Crippen LogP contribution in [0.3, 0.4) is 0 Å². The number of aromatic hydroxyl groups is 5. The Morgan fingerprint density at radius 3 is 1.74 bits per heavy atom. The number of fused-ring (bicyclic) bond motifs is 1. The van der Waals surface area contributed by atoms with Gasteiger partial charge in [0, 0.05) is 0 Å². The highest BCUT2D eigenvalue weighted by atomic mass is 79.9. The predicted octanol–water partition coefficient (Wildman–Crippen LogP) is -7.60. The summed E-state index contributed by atoms with van der Waals surface area (Å²) in [6, 6.07) is 0. The number of aromatic nitrogens is 2. The van der Waals surface area contributed by atoms with Crippen LogP contribution in [0.25, 0.3) is 10.9 Å². The number of nitrogens with zero attached hydrogens (tertiary/aromatic N) is 2. The lowest BCUT2D eigenvalue weighted by molar-refractivity contribution is -0.627. The predicted molar refractivity (Wildman–Crippen MR) is 147 cm³/mol. The maximum absolute atomic E-state index is 14.9. The second-order valence-electron chi connectivity index (χ2n) is 10.4. The standard InChI is InChI=1S/C22H24BrFN4O22/c1-28-19(40,41)17(36,37)16(35,18(38,39)20(28,42)43)21(44,45)49-13-11(33)5-2(7(29)12(13)50-22(46,47)48)14(27-15(34)26-5)25-6-4(24)8(30)3(23)9(31)10(6)32/h29-33,35-48H,1H3,(H2,25,26,27,34). The van der Waals surface area contributed by atoms with Crippen LogP contribution in [0.1, 0.15) is 0 Å². The quantitative estimate of drug-likeness (QED) is 0.0600. The van der Waals surface area contributed by atoms with Crippen molar-refractivity contribution >= 4 is 38.3 Å². The third-order valence-corrected chi connectivity index (χ3v) is 8.18. The molecular weight excluding hydrogens is 771 g/mol. The molecule has 28 heteroatoms. The first kappa shape index (κ1) is 38.6.